The van der Waals surface area contributed by atoms with Crippen LogP contribution in [-0.4, -0.2) is 0 Å². The Bertz CT molecular complexity index is 3610. The average Bonchev–Trinajstić information content (AvgIpc) is 1.67. The summed E-state index contributed by atoms with van der Waals surface area (Å²) in [5.41, 5.74) is 13.6. The van der Waals surface area contributed by atoms with Gasteiger partial charge in [0.25, 0.3) is 0 Å². The minimum absolute atomic E-state index is 0.0685. The lowest BCUT2D eigenvalue weighted by atomic mass is 9.87. The van der Waals surface area contributed by atoms with Crippen LogP contribution in [0.2, 0.25) is 0 Å². The second kappa shape index (κ2) is 43.0. The predicted octanol–water partition coefficient (Wildman–Crippen LogP) is 24.7. The summed E-state index contributed by atoms with van der Waals surface area (Å²) in [5, 5.41) is 0. The molecule has 0 amide bonds. The highest BCUT2D eigenvalue weighted by atomic mass is 14.4. The number of rotatable bonds is 3. The number of benzene rings is 5. The van der Waals surface area contributed by atoms with Crippen LogP contribution in [0.5, 0.6) is 0 Å². The lowest BCUT2D eigenvalue weighted by Crippen LogP contribution is -2.08. The molecule has 5 aromatic rings. The van der Waals surface area contributed by atoms with Gasteiger partial charge in [0.15, 0.2) is 0 Å². The summed E-state index contributed by atoms with van der Waals surface area (Å²) in [6.07, 6.45) is -43.8. The normalized spacial score (nSPS) is 38.0. The van der Waals surface area contributed by atoms with E-state index in [9.17, 15) is 0 Å². The largest absolute Gasteiger partial charge is 0.0651 e. The molecule has 0 aromatic heterocycles. The molecule has 0 radical (unpaired) electrons. The van der Waals surface area contributed by atoms with Crippen molar-refractivity contribution in [3.8, 4) is 0 Å². The summed E-state index contributed by atoms with van der Waals surface area (Å²) in [7, 11) is 0. The minimum Gasteiger partial charge on any atom is -0.0651 e. The Morgan fingerprint density at radius 3 is 0.987 bits per heavy atom. The van der Waals surface area contributed by atoms with E-state index in [-0.39, 0.29) is 12.8 Å². The van der Waals surface area contributed by atoms with Gasteiger partial charge in [-0.05, 0) is 158 Å². The van der Waals surface area contributed by atoms with Crippen molar-refractivity contribution in [2.75, 3.05) is 0 Å². The molecule has 0 N–H and O–H groups in total. The van der Waals surface area contributed by atoms with Crippen LogP contribution in [0.1, 0.15) is 299 Å². The highest BCUT2D eigenvalue weighted by molar-refractivity contribution is 5.31. The maximum atomic E-state index is 7.72. The zero-order valence-electron chi connectivity index (χ0n) is 85.5. The average molecular weight is 1080 g/mol. The predicted molar refractivity (Wildman–Crippen MR) is 348 cm³/mol. The minimum atomic E-state index is -3.27. The molecule has 6 aliphatic rings. The van der Waals surface area contributed by atoms with Crippen molar-refractivity contribution in [3.05, 3.63) is 177 Å². The van der Waals surface area contributed by atoms with E-state index in [0.29, 0.717) is 0 Å². The Labute approximate surface area is 530 Å². The third-order valence-electron chi connectivity index (χ3n) is 13.4. The first-order valence-electron chi connectivity index (χ1n) is 45.7. The quantitative estimate of drug-likeness (QED) is 0.169. The fraction of sp³-hybridized carbons (Fsp3) is 0.610. The molecule has 2 bridgehead atoms. The van der Waals surface area contributed by atoms with E-state index in [1.165, 1.54) is 82.8 Å². The lowest BCUT2D eigenvalue weighted by Gasteiger charge is -2.18. The molecule has 0 heteroatoms. The summed E-state index contributed by atoms with van der Waals surface area (Å²) in [4.78, 5) is 0. The molecule has 0 spiro atoms. The van der Waals surface area contributed by atoms with Gasteiger partial charge in [0, 0.05) is 49.3 Å². The Morgan fingerprint density at radius 1 is 0.351 bits per heavy atom. The Balaban J connectivity index is 0.000000433. The molecule has 3 unspecified atom stereocenters. The molecule has 3 atom stereocenters. The molecule has 0 saturated heterocycles. The van der Waals surface area contributed by atoms with Gasteiger partial charge in [0.2, 0.25) is 0 Å². The molecule has 5 aromatic carbocycles. The van der Waals surface area contributed by atoms with Crippen molar-refractivity contribution in [2.45, 2.75) is 264 Å². The van der Waals surface area contributed by atoms with Crippen LogP contribution in [0.4, 0.5) is 0 Å². The molecular formula is C77H122. The molecular weight excluding hydrogens is 925 g/mol. The molecule has 6 aliphatic carbocycles. The van der Waals surface area contributed by atoms with Crippen molar-refractivity contribution in [2.24, 2.45) is 41.4 Å². The SMILES string of the molecule is CCC1CC2CCC1C2.Cc1ccc(C)cc1.Cc1cccc(C)c1.Cc1cccc(C)c1C.Cc1ccccc1.Cc1ccccc1C.[2H]C1([2H])C(C)C([2H])([2H])C([2H])([2H])C([2H])([2H])C1([2H])[2H].[2H]C1([2H])C(C)C([2H])([2H])C([2H])([2H])C1([2H])[2H].[2H]C1([2H])C(CC)C([2H])([2H])C([2H])([2H])C([2H])([2H])C1([2H])[2H].[2H]C1([2H])C(CC)C([2H])([2H])C([2H])([2H])C1([2H])[2H]. The molecule has 430 valence electrons. The second-order valence-electron chi connectivity index (χ2n) is 20.2. The smallest absolute Gasteiger partial charge is 0.0269 e. The van der Waals surface area contributed by atoms with E-state index in [2.05, 4.69) is 179 Å². The summed E-state index contributed by atoms with van der Waals surface area (Å²) < 4.78 is 271. The van der Waals surface area contributed by atoms with E-state index in [1.54, 1.807) is 25.7 Å². The zero-order valence-corrected chi connectivity index (χ0v) is 49.5. The van der Waals surface area contributed by atoms with Crippen LogP contribution >= 0.6 is 0 Å². The van der Waals surface area contributed by atoms with E-state index in [1.807, 2.05) is 18.2 Å². The van der Waals surface area contributed by atoms with Crippen molar-refractivity contribution in [3.63, 3.8) is 0 Å². The van der Waals surface area contributed by atoms with Crippen LogP contribution in [0, 0.1) is 111 Å². The van der Waals surface area contributed by atoms with Crippen LogP contribution in [0.25, 0.3) is 0 Å². The topological polar surface area (TPSA) is 0 Å². The number of fused-ring (bicyclic) bond motifs is 2. The first kappa shape index (κ1) is 31.3. The fourth-order valence-electron chi connectivity index (χ4n) is 8.10. The first-order valence-corrected chi connectivity index (χ1v) is 27.7. The van der Waals surface area contributed by atoms with Crippen molar-refractivity contribution < 1.29 is 49.3 Å². The van der Waals surface area contributed by atoms with Crippen LogP contribution in [-0.2, 0) is 0 Å². The van der Waals surface area contributed by atoms with Gasteiger partial charge in [-0.1, -0.05) is 324 Å². The lowest BCUT2D eigenvalue weighted by molar-refractivity contribution is 0.324. The van der Waals surface area contributed by atoms with Crippen LogP contribution in [0.15, 0.2) is 121 Å². The van der Waals surface area contributed by atoms with Gasteiger partial charge in [-0.15, -0.1) is 0 Å². The monoisotopic (exact) mass is 1080 g/mol. The Hall–Kier alpha value is -3.90. The van der Waals surface area contributed by atoms with Crippen LogP contribution in [0.3, 0.4) is 0 Å². The third kappa shape index (κ3) is 34.0. The van der Waals surface area contributed by atoms with E-state index >= 15 is 0 Å². The van der Waals surface area contributed by atoms with Gasteiger partial charge in [-0.2, -0.15) is 0 Å². The van der Waals surface area contributed by atoms with E-state index in [0.717, 1.165) is 24.7 Å². The number of aryl methyl sites for hydroxylation is 9. The highest BCUT2D eigenvalue weighted by Crippen LogP contribution is 2.49. The standard InChI is InChI=1S/C9H16.C9H12.3C8H10.C8H16.C7H14.C7H8.C7H14.C6H12/c1-2-8-5-7-3-4-9(8)6-7;1-7-5-4-6-8(2)9(7)3;1-7-3-5-8(2)6-4-7;1-7-4-3-5-8(2)6-7;1-7-5-3-4-6-8(7)2;1-2-8-6-4-3-5-7-8;2*1-7-5-3-2-4-6-7;1-2-7-5-3-4-6-7;1-6-4-2-3-5-6/h7-9H,2-6H2,1H3;4-6H,1-3H3;3*3-6H,1-2H3;8H,2-7H2,1H3;7H,2-6H2,1H3;2-6H,1H3;7H,2-6H2,1H3;6H,2-5H2,1H3/i;;;;;3D2,4D2,5D2,6D2,7D2;2D2,3D2,4D2,5D2,6D2;;3D2,4D2,5D2,6D2;2D2,3D2,4D2,5D2. The highest BCUT2D eigenvalue weighted by Gasteiger charge is 2.38. The van der Waals surface area contributed by atoms with Gasteiger partial charge >= 0.3 is 0 Å². The summed E-state index contributed by atoms with van der Waals surface area (Å²) in [5.74, 6) is -2.32. The fourth-order valence-corrected chi connectivity index (χ4v) is 8.10. The summed E-state index contributed by atoms with van der Waals surface area (Å²) in [6, 6.07) is 41.9. The molecule has 11 rings (SSSR count). The molecule has 0 heterocycles. The molecule has 0 nitrogen and oxygen atoms in total. The van der Waals surface area contributed by atoms with Gasteiger partial charge in [-0.25, -0.2) is 0 Å². The Morgan fingerprint density at radius 2 is 0.701 bits per heavy atom. The second-order valence-corrected chi connectivity index (χ2v) is 20.2. The number of hydrogen-bond acceptors (Lipinski definition) is 0. The van der Waals surface area contributed by atoms with E-state index < -0.39 is 138 Å². The molecule has 0 aliphatic heterocycles. The Kier molecular flexibility index (Phi) is 17.5. The maximum Gasteiger partial charge on any atom is 0.0269 e. The summed E-state index contributed by atoms with van der Waals surface area (Å²) in [6.45, 7) is 28.8. The van der Waals surface area contributed by atoms with Gasteiger partial charge < -0.3 is 0 Å². The number of hydrogen-bond donors (Lipinski definition) is 0. The first-order chi connectivity index (χ1) is 50.6. The van der Waals surface area contributed by atoms with Gasteiger partial charge in [0.1, 0.15) is 0 Å². The van der Waals surface area contributed by atoms with Crippen LogP contribution < -0.4 is 0 Å². The molecule has 77 heavy (non-hydrogen) atoms. The third-order valence-corrected chi connectivity index (χ3v) is 13.4. The molecule has 6 saturated carbocycles. The van der Waals surface area contributed by atoms with Gasteiger partial charge in [-0.3, -0.25) is 0 Å². The zero-order chi connectivity index (χ0) is 88.9. The van der Waals surface area contributed by atoms with Crippen molar-refractivity contribution in [1.82, 2.24) is 0 Å². The summed E-state index contributed by atoms with van der Waals surface area (Å²) >= 11 is 0. The van der Waals surface area contributed by atoms with E-state index in [4.69, 9.17) is 49.3 Å². The van der Waals surface area contributed by atoms with Crippen molar-refractivity contribution >= 4 is 0 Å². The van der Waals surface area contributed by atoms with Crippen molar-refractivity contribution in [1.29, 1.82) is 0 Å². The molecule has 6 fully saturated rings. The maximum absolute atomic E-state index is 7.72. The van der Waals surface area contributed by atoms with Gasteiger partial charge in [0.05, 0.1) is 0 Å².